The SMILES string of the molecule is Cc1cc(CNC(=O)N2CCCC3(CCNC3)C2)n[nH]1. The first-order chi connectivity index (χ1) is 9.67. The number of likely N-dealkylation sites (tertiary alicyclic amines) is 1. The quantitative estimate of drug-likeness (QED) is 0.755. The zero-order valence-corrected chi connectivity index (χ0v) is 12.0. The van der Waals surface area contributed by atoms with Gasteiger partial charge in [-0.1, -0.05) is 0 Å². The van der Waals surface area contributed by atoms with Crippen LogP contribution in [-0.2, 0) is 6.54 Å². The van der Waals surface area contributed by atoms with Crippen LogP contribution in [0.15, 0.2) is 6.07 Å². The molecule has 0 saturated carbocycles. The van der Waals surface area contributed by atoms with Gasteiger partial charge in [0.15, 0.2) is 0 Å². The molecule has 2 saturated heterocycles. The summed E-state index contributed by atoms with van der Waals surface area (Å²) < 4.78 is 0. The zero-order chi connectivity index (χ0) is 14.0. The number of hydrogen-bond donors (Lipinski definition) is 3. The van der Waals surface area contributed by atoms with E-state index < -0.39 is 0 Å². The number of rotatable bonds is 2. The maximum absolute atomic E-state index is 12.3. The van der Waals surface area contributed by atoms with Gasteiger partial charge in [0, 0.05) is 30.7 Å². The molecule has 0 radical (unpaired) electrons. The monoisotopic (exact) mass is 277 g/mol. The van der Waals surface area contributed by atoms with Gasteiger partial charge in [-0.3, -0.25) is 5.10 Å². The number of aromatic amines is 1. The van der Waals surface area contributed by atoms with Crippen molar-refractivity contribution in [3.05, 3.63) is 17.5 Å². The molecule has 1 aromatic heterocycles. The summed E-state index contributed by atoms with van der Waals surface area (Å²) in [6.45, 7) is 6.33. The number of H-pyrrole nitrogens is 1. The Bertz CT molecular complexity index is 478. The molecular weight excluding hydrogens is 254 g/mol. The Balaban J connectivity index is 1.54. The van der Waals surface area contributed by atoms with Gasteiger partial charge < -0.3 is 15.5 Å². The molecule has 1 atom stereocenters. The van der Waals surface area contributed by atoms with Crippen LogP contribution in [0.1, 0.15) is 30.7 Å². The molecule has 3 heterocycles. The van der Waals surface area contributed by atoms with Crippen molar-refractivity contribution >= 4 is 6.03 Å². The first kappa shape index (κ1) is 13.4. The number of aromatic nitrogens is 2. The summed E-state index contributed by atoms with van der Waals surface area (Å²) in [4.78, 5) is 14.2. The molecule has 20 heavy (non-hydrogen) atoms. The van der Waals surface area contributed by atoms with Crippen LogP contribution in [0.5, 0.6) is 0 Å². The molecule has 2 aliphatic heterocycles. The van der Waals surface area contributed by atoms with E-state index in [9.17, 15) is 4.79 Å². The van der Waals surface area contributed by atoms with E-state index in [0.717, 1.165) is 44.0 Å². The van der Waals surface area contributed by atoms with E-state index >= 15 is 0 Å². The van der Waals surface area contributed by atoms with Crippen LogP contribution in [0.3, 0.4) is 0 Å². The lowest BCUT2D eigenvalue weighted by Gasteiger charge is -2.39. The lowest BCUT2D eigenvalue weighted by molar-refractivity contribution is 0.118. The van der Waals surface area contributed by atoms with Gasteiger partial charge in [0.25, 0.3) is 0 Å². The van der Waals surface area contributed by atoms with Crippen LogP contribution in [0, 0.1) is 12.3 Å². The van der Waals surface area contributed by atoms with Gasteiger partial charge in [-0.2, -0.15) is 5.10 Å². The Hall–Kier alpha value is -1.56. The number of carbonyl (C=O) groups is 1. The Kier molecular flexibility index (Phi) is 3.65. The highest BCUT2D eigenvalue weighted by atomic mass is 16.2. The third-order valence-corrected chi connectivity index (χ3v) is 4.46. The summed E-state index contributed by atoms with van der Waals surface area (Å²) in [5, 5.41) is 13.4. The van der Waals surface area contributed by atoms with Crippen molar-refractivity contribution in [1.29, 1.82) is 0 Å². The van der Waals surface area contributed by atoms with Gasteiger partial charge in [-0.15, -0.1) is 0 Å². The smallest absolute Gasteiger partial charge is 0.317 e. The van der Waals surface area contributed by atoms with Crippen molar-refractivity contribution in [2.75, 3.05) is 26.2 Å². The molecule has 6 nitrogen and oxygen atoms in total. The van der Waals surface area contributed by atoms with Crippen LogP contribution < -0.4 is 10.6 Å². The van der Waals surface area contributed by atoms with Gasteiger partial charge in [0.05, 0.1) is 12.2 Å². The van der Waals surface area contributed by atoms with Gasteiger partial charge in [-0.25, -0.2) is 4.79 Å². The Labute approximate surface area is 119 Å². The fourth-order valence-electron chi connectivity index (χ4n) is 3.37. The number of nitrogens with one attached hydrogen (secondary N) is 3. The minimum Gasteiger partial charge on any atom is -0.332 e. The number of hydrogen-bond acceptors (Lipinski definition) is 3. The van der Waals surface area contributed by atoms with Crippen molar-refractivity contribution < 1.29 is 4.79 Å². The molecule has 0 bridgehead atoms. The maximum atomic E-state index is 12.3. The van der Waals surface area contributed by atoms with Gasteiger partial charge in [0.1, 0.15) is 0 Å². The van der Waals surface area contributed by atoms with E-state index in [4.69, 9.17) is 0 Å². The molecule has 2 aliphatic rings. The highest BCUT2D eigenvalue weighted by molar-refractivity contribution is 5.74. The van der Waals surface area contributed by atoms with Crippen LogP contribution in [0.2, 0.25) is 0 Å². The van der Waals surface area contributed by atoms with E-state index in [2.05, 4.69) is 20.8 Å². The van der Waals surface area contributed by atoms with Crippen molar-refractivity contribution in [2.24, 2.45) is 5.41 Å². The average molecular weight is 277 g/mol. The van der Waals surface area contributed by atoms with Gasteiger partial charge in [0.2, 0.25) is 0 Å². The third kappa shape index (κ3) is 2.80. The van der Waals surface area contributed by atoms with Crippen LogP contribution >= 0.6 is 0 Å². The first-order valence-corrected chi connectivity index (χ1v) is 7.41. The second-order valence-corrected chi connectivity index (χ2v) is 6.15. The number of aryl methyl sites for hydroxylation is 1. The van der Waals surface area contributed by atoms with Crippen molar-refractivity contribution in [2.45, 2.75) is 32.7 Å². The van der Waals surface area contributed by atoms with Crippen LogP contribution in [-0.4, -0.2) is 47.3 Å². The molecule has 2 amide bonds. The highest BCUT2D eigenvalue weighted by Crippen LogP contribution is 2.35. The fourth-order valence-corrected chi connectivity index (χ4v) is 3.37. The predicted molar refractivity (Wildman–Crippen MR) is 76.3 cm³/mol. The standard InChI is InChI=1S/C14H23N5O/c1-11-7-12(18-17-11)8-16-13(20)19-6-2-3-14(10-19)4-5-15-9-14/h7,15H,2-6,8-10H2,1H3,(H,16,20)(H,17,18). The Morgan fingerprint density at radius 2 is 2.45 bits per heavy atom. The van der Waals surface area contributed by atoms with Crippen LogP contribution in [0.4, 0.5) is 4.79 Å². The summed E-state index contributed by atoms with van der Waals surface area (Å²) >= 11 is 0. The maximum Gasteiger partial charge on any atom is 0.317 e. The second-order valence-electron chi connectivity index (χ2n) is 6.15. The van der Waals surface area contributed by atoms with Gasteiger partial charge in [-0.05, 0) is 38.8 Å². The van der Waals surface area contributed by atoms with Gasteiger partial charge >= 0.3 is 6.03 Å². The lowest BCUT2D eigenvalue weighted by atomic mass is 9.79. The minimum absolute atomic E-state index is 0.0385. The summed E-state index contributed by atoms with van der Waals surface area (Å²) in [6.07, 6.45) is 3.54. The number of urea groups is 1. The molecule has 0 aromatic carbocycles. The van der Waals surface area contributed by atoms with E-state index in [1.165, 1.54) is 12.8 Å². The van der Waals surface area contributed by atoms with E-state index in [-0.39, 0.29) is 6.03 Å². The minimum atomic E-state index is 0.0385. The molecule has 6 heteroatoms. The number of nitrogens with zero attached hydrogens (tertiary/aromatic N) is 2. The van der Waals surface area contributed by atoms with E-state index in [1.54, 1.807) is 0 Å². The molecular formula is C14H23N5O. The number of carbonyl (C=O) groups excluding carboxylic acids is 1. The summed E-state index contributed by atoms with van der Waals surface area (Å²) in [6, 6.07) is 2.00. The third-order valence-electron chi connectivity index (χ3n) is 4.46. The largest absolute Gasteiger partial charge is 0.332 e. The van der Waals surface area contributed by atoms with E-state index in [1.807, 2.05) is 17.9 Å². The fraction of sp³-hybridized carbons (Fsp3) is 0.714. The molecule has 2 fully saturated rings. The lowest BCUT2D eigenvalue weighted by Crippen LogP contribution is -2.50. The zero-order valence-electron chi connectivity index (χ0n) is 12.0. The number of amides is 2. The van der Waals surface area contributed by atoms with E-state index in [0.29, 0.717) is 12.0 Å². The molecule has 0 aliphatic carbocycles. The van der Waals surface area contributed by atoms with Crippen molar-refractivity contribution in [1.82, 2.24) is 25.7 Å². The van der Waals surface area contributed by atoms with Crippen molar-refractivity contribution in [3.8, 4) is 0 Å². The molecule has 110 valence electrons. The topological polar surface area (TPSA) is 73.1 Å². The first-order valence-electron chi connectivity index (χ1n) is 7.41. The van der Waals surface area contributed by atoms with Crippen LogP contribution in [0.25, 0.3) is 0 Å². The highest BCUT2D eigenvalue weighted by Gasteiger charge is 2.39. The summed E-state index contributed by atoms with van der Waals surface area (Å²) in [7, 11) is 0. The Morgan fingerprint density at radius 1 is 1.55 bits per heavy atom. The molecule has 3 N–H and O–H groups in total. The molecule has 1 aromatic rings. The molecule has 3 rings (SSSR count). The summed E-state index contributed by atoms with van der Waals surface area (Å²) in [5.41, 5.74) is 2.21. The number of piperidine rings is 1. The average Bonchev–Trinajstić information content (AvgIpc) is 3.06. The normalized spacial score (nSPS) is 26.1. The predicted octanol–water partition coefficient (Wildman–Crippen LogP) is 1.00. The summed E-state index contributed by atoms with van der Waals surface area (Å²) in [5.74, 6) is 0. The molecule has 1 spiro atoms. The van der Waals surface area contributed by atoms with Crippen molar-refractivity contribution in [3.63, 3.8) is 0 Å². The molecule has 1 unspecified atom stereocenters. The second kappa shape index (κ2) is 5.44. The Morgan fingerprint density at radius 3 is 3.15 bits per heavy atom.